The zero-order chi connectivity index (χ0) is 18.1. The highest BCUT2D eigenvalue weighted by atomic mass is 19.1. The van der Waals surface area contributed by atoms with Crippen LogP contribution in [0.4, 0.5) is 4.39 Å². The molecule has 0 atom stereocenters. The van der Waals surface area contributed by atoms with Crippen molar-refractivity contribution in [3.05, 3.63) is 46.0 Å². The quantitative estimate of drug-likeness (QED) is 0.908. The Morgan fingerprint density at radius 1 is 1.19 bits per heavy atom. The lowest BCUT2D eigenvalue weighted by atomic mass is 10.0. The molecule has 1 amide bonds. The minimum absolute atomic E-state index is 0.0245. The number of carbonyl (C=O) groups is 1. The molecule has 0 aliphatic carbocycles. The fraction of sp³-hybridized carbons (Fsp3) is 0.474. The topological polar surface area (TPSA) is 71.6 Å². The number of ether oxygens (including phenoxy) is 2. The Morgan fingerprint density at radius 2 is 1.92 bits per heavy atom. The van der Waals surface area contributed by atoms with E-state index >= 15 is 0 Å². The first-order valence-electron chi connectivity index (χ1n) is 8.92. The first-order chi connectivity index (χ1) is 12.5. The van der Waals surface area contributed by atoms with Crippen LogP contribution >= 0.6 is 0 Å². The van der Waals surface area contributed by atoms with Crippen molar-refractivity contribution in [3.63, 3.8) is 0 Å². The number of amides is 1. The molecule has 0 unspecified atom stereocenters. The van der Waals surface area contributed by atoms with Crippen molar-refractivity contribution in [2.24, 2.45) is 0 Å². The number of pyridine rings is 1. The standard InChI is InChI=1S/C19H21FN2O4/c20-15-3-1-13-11-14(18(24)21-16(13)12-15)2-4-17(23)22-7-5-19(6-8-22)25-9-10-26-19/h1,3,11-12H,2,4-10H2,(H,21,24). The maximum Gasteiger partial charge on any atom is 0.251 e. The summed E-state index contributed by atoms with van der Waals surface area (Å²) < 4.78 is 24.6. The van der Waals surface area contributed by atoms with Crippen LogP contribution in [0.5, 0.6) is 0 Å². The van der Waals surface area contributed by atoms with Gasteiger partial charge in [0.1, 0.15) is 5.82 Å². The van der Waals surface area contributed by atoms with Crippen LogP contribution in [0.2, 0.25) is 0 Å². The molecule has 0 bridgehead atoms. The molecule has 1 spiro atoms. The van der Waals surface area contributed by atoms with Crippen LogP contribution in [0.1, 0.15) is 24.8 Å². The van der Waals surface area contributed by atoms with Gasteiger partial charge in [-0.1, -0.05) is 0 Å². The van der Waals surface area contributed by atoms with Crippen molar-refractivity contribution in [1.29, 1.82) is 0 Å². The molecule has 2 fully saturated rings. The number of halogens is 1. The van der Waals surface area contributed by atoms with E-state index < -0.39 is 11.6 Å². The van der Waals surface area contributed by atoms with Crippen molar-refractivity contribution in [3.8, 4) is 0 Å². The van der Waals surface area contributed by atoms with E-state index in [9.17, 15) is 14.0 Å². The molecule has 4 rings (SSSR count). The molecule has 0 radical (unpaired) electrons. The number of rotatable bonds is 3. The minimum atomic E-state index is -0.498. The van der Waals surface area contributed by atoms with Crippen LogP contribution in [0, 0.1) is 5.82 Å². The molecule has 2 aromatic rings. The summed E-state index contributed by atoms with van der Waals surface area (Å²) >= 11 is 0. The van der Waals surface area contributed by atoms with E-state index in [0.29, 0.717) is 56.6 Å². The highest BCUT2D eigenvalue weighted by Gasteiger charge is 2.40. The summed E-state index contributed by atoms with van der Waals surface area (Å²) in [7, 11) is 0. The molecule has 0 saturated carbocycles. The van der Waals surface area contributed by atoms with Crippen molar-refractivity contribution in [1.82, 2.24) is 9.88 Å². The number of piperidine rings is 1. The monoisotopic (exact) mass is 360 g/mol. The second kappa shape index (κ2) is 6.81. The first kappa shape index (κ1) is 17.2. The Kier molecular flexibility index (Phi) is 4.50. The highest BCUT2D eigenvalue weighted by molar-refractivity contribution is 5.79. The zero-order valence-corrected chi connectivity index (χ0v) is 14.4. The molecule has 2 saturated heterocycles. The summed E-state index contributed by atoms with van der Waals surface area (Å²) in [4.78, 5) is 29.1. The van der Waals surface area contributed by atoms with Crippen LogP contribution < -0.4 is 5.56 Å². The molecule has 7 heteroatoms. The van der Waals surface area contributed by atoms with E-state index in [-0.39, 0.29) is 17.9 Å². The van der Waals surface area contributed by atoms with Crippen molar-refractivity contribution in [2.45, 2.75) is 31.5 Å². The van der Waals surface area contributed by atoms with Crippen molar-refractivity contribution >= 4 is 16.8 Å². The van der Waals surface area contributed by atoms with E-state index in [0.717, 1.165) is 5.39 Å². The third kappa shape index (κ3) is 3.37. The number of nitrogens with one attached hydrogen (secondary N) is 1. The molecule has 26 heavy (non-hydrogen) atoms. The zero-order valence-electron chi connectivity index (χ0n) is 14.4. The number of hydrogen-bond acceptors (Lipinski definition) is 4. The summed E-state index contributed by atoms with van der Waals surface area (Å²) in [5, 5.41) is 0.754. The van der Waals surface area contributed by atoms with Gasteiger partial charge >= 0.3 is 0 Å². The Balaban J connectivity index is 1.39. The van der Waals surface area contributed by atoms with E-state index in [4.69, 9.17) is 9.47 Å². The fourth-order valence-electron chi connectivity index (χ4n) is 3.69. The fourth-order valence-corrected chi connectivity index (χ4v) is 3.69. The molecule has 6 nitrogen and oxygen atoms in total. The van der Waals surface area contributed by atoms with Crippen molar-refractivity contribution in [2.75, 3.05) is 26.3 Å². The van der Waals surface area contributed by atoms with Gasteiger partial charge in [-0.15, -0.1) is 0 Å². The maximum atomic E-state index is 13.2. The predicted molar refractivity (Wildman–Crippen MR) is 93.3 cm³/mol. The molecule has 3 heterocycles. The minimum Gasteiger partial charge on any atom is -0.347 e. The number of hydrogen-bond donors (Lipinski definition) is 1. The SMILES string of the molecule is O=C(CCc1cc2ccc(F)cc2[nH]c1=O)N1CCC2(CC1)OCCO2. The molecule has 1 aromatic carbocycles. The Bertz CT molecular complexity index is 879. The lowest BCUT2D eigenvalue weighted by molar-refractivity contribution is -0.187. The molecule has 2 aliphatic rings. The van der Waals surface area contributed by atoms with E-state index in [1.54, 1.807) is 17.0 Å². The van der Waals surface area contributed by atoms with Gasteiger partial charge in [-0.05, 0) is 36.1 Å². The van der Waals surface area contributed by atoms with Crippen LogP contribution in [0.3, 0.4) is 0 Å². The smallest absolute Gasteiger partial charge is 0.251 e. The van der Waals surface area contributed by atoms with Crippen LogP contribution in [0.25, 0.3) is 10.9 Å². The number of aromatic nitrogens is 1. The van der Waals surface area contributed by atoms with E-state index in [2.05, 4.69) is 4.98 Å². The van der Waals surface area contributed by atoms with Crippen LogP contribution in [-0.2, 0) is 20.7 Å². The van der Waals surface area contributed by atoms with Gasteiger partial charge in [0.2, 0.25) is 5.91 Å². The lowest BCUT2D eigenvalue weighted by Gasteiger charge is -2.37. The molecular formula is C19H21FN2O4. The number of aryl methyl sites for hydroxylation is 1. The molecule has 138 valence electrons. The van der Waals surface area contributed by atoms with Gasteiger partial charge in [-0.2, -0.15) is 0 Å². The van der Waals surface area contributed by atoms with Crippen LogP contribution in [-0.4, -0.2) is 47.9 Å². The summed E-state index contributed by atoms with van der Waals surface area (Å²) in [5.74, 6) is -0.868. The first-order valence-corrected chi connectivity index (χ1v) is 8.92. The van der Waals surface area contributed by atoms with E-state index in [1.165, 1.54) is 12.1 Å². The maximum absolute atomic E-state index is 13.2. The Hall–Kier alpha value is -2.25. The molecule has 1 aromatic heterocycles. The van der Waals surface area contributed by atoms with Gasteiger partial charge in [-0.3, -0.25) is 9.59 Å². The largest absolute Gasteiger partial charge is 0.347 e. The summed E-state index contributed by atoms with van der Waals surface area (Å²) in [6, 6.07) is 6.00. The number of benzene rings is 1. The Labute approximate surface area is 149 Å². The second-order valence-electron chi connectivity index (χ2n) is 6.84. The van der Waals surface area contributed by atoms with Gasteiger partial charge in [0, 0.05) is 37.9 Å². The number of carbonyl (C=O) groups excluding carboxylic acids is 1. The average molecular weight is 360 g/mol. The molecule has 1 N–H and O–H groups in total. The van der Waals surface area contributed by atoms with Gasteiger partial charge < -0.3 is 19.4 Å². The van der Waals surface area contributed by atoms with Gasteiger partial charge in [0.25, 0.3) is 5.56 Å². The highest BCUT2D eigenvalue weighted by Crippen LogP contribution is 2.31. The van der Waals surface area contributed by atoms with E-state index in [1.807, 2.05) is 0 Å². The van der Waals surface area contributed by atoms with Gasteiger partial charge in [-0.25, -0.2) is 4.39 Å². The summed E-state index contributed by atoms with van der Waals surface area (Å²) in [6.07, 6.45) is 1.99. The number of aromatic amines is 1. The predicted octanol–water partition coefficient (Wildman–Crippen LogP) is 1.97. The number of nitrogens with zero attached hydrogens (tertiary/aromatic N) is 1. The number of H-pyrrole nitrogens is 1. The van der Waals surface area contributed by atoms with Crippen molar-refractivity contribution < 1.29 is 18.7 Å². The third-order valence-electron chi connectivity index (χ3n) is 5.18. The third-order valence-corrected chi connectivity index (χ3v) is 5.18. The molecule has 2 aliphatic heterocycles. The van der Waals surface area contributed by atoms with Crippen LogP contribution in [0.15, 0.2) is 29.1 Å². The van der Waals surface area contributed by atoms with Gasteiger partial charge in [0.15, 0.2) is 5.79 Å². The average Bonchev–Trinajstić information content (AvgIpc) is 3.08. The summed E-state index contributed by atoms with van der Waals surface area (Å²) in [5.41, 5.74) is 0.720. The lowest BCUT2D eigenvalue weighted by Crippen LogP contribution is -2.47. The number of likely N-dealkylation sites (tertiary alicyclic amines) is 1. The normalized spacial score (nSPS) is 19.3. The Morgan fingerprint density at radius 3 is 2.65 bits per heavy atom. The van der Waals surface area contributed by atoms with Gasteiger partial charge in [0.05, 0.1) is 18.7 Å². The molecular weight excluding hydrogens is 339 g/mol. The summed E-state index contributed by atoms with van der Waals surface area (Å²) in [6.45, 7) is 2.43. The number of fused-ring (bicyclic) bond motifs is 1. The second-order valence-corrected chi connectivity index (χ2v) is 6.84.